The van der Waals surface area contributed by atoms with Crippen molar-refractivity contribution in [1.29, 1.82) is 0 Å². The van der Waals surface area contributed by atoms with Crippen molar-refractivity contribution >= 4 is 5.82 Å². The smallest absolute Gasteiger partial charge is 0.141 e. The molecule has 2 rings (SSSR count). The number of hydrogen-bond acceptors (Lipinski definition) is 3. The van der Waals surface area contributed by atoms with Crippen LogP contribution in [0.1, 0.15) is 5.56 Å². The number of nitrogens with zero attached hydrogens (tertiary/aromatic N) is 4. The van der Waals surface area contributed by atoms with E-state index >= 15 is 0 Å². The molecule has 2 aromatic heterocycles. The Kier molecular flexibility index (Phi) is 2.22. The van der Waals surface area contributed by atoms with Gasteiger partial charge in [0.25, 0.3) is 0 Å². The molecule has 0 unspecified atom stereocenters. The summed E-state index contributed by atoms with van der Waals surface area (Å²) in [5.41, 5.74) is 6.67. The number of anilines is 1. The summed E-state index contributed by atoms with van der Waals surface area (Å²) in [6.45, 7) is 3.70. The van der Waals surface area contributed by atoms with Gasteiger partial charge in [-0.05, 0) is 12.5 Å². The van der Waals surface area contributed by atoms with E-state index in [4.69, 9.17) is 5.73 Å². The standard InChI is InChI=1S/C9H13N5/c1-8-4-12-14(5-8)3-2-13-6-9(10)11-7-13/h4-7H,2-3,10H2,1H3. The molecule has 0 fully saturated rings. The molecule has 0 amide bonds. The predicted molar refractivity (Wildman–Crippen MR) is 53.6 cm³/mol. The number of nitrogen functional groups attached to an aromatic ring is 1. The van der Waals surface area contributed by atoms with Crippen LogP contribution in [0.3, 0.4) is 0 Å². The Morgan fingerprint density at radius 2 is 2.21 bits per heavy atom. The van der Waals surface area contributed by atoms with Gasteiger partial charge in [-0.2, -0.15) is 5.10 Å². The third-order valence-corrected chi connectivity index (χ3v) is 2.00. The second-order valence-corrected chi connectivity index (χ2v) is 3.32. The molecular weight excluding hydrogens is 178 g/mol. The average Bonchev–Trinajstić information content (AvgIpc) is 2.72. The average molecular weight is 191 g/mol. The maximum Gasteiger partial charge on any atom is 0.141 e. The molecule has 0 aromatic carbocycles. The Labute approximate surface area is 82.2 Å². The molecule has 0 bridgehead atoms. The zero-order chi connectivity index (χ0) is 9.97. The Morgan fingerprint density at radius 3 is 2.79 bits per heavy atom. The van der Waals surface area contributed by atoms with Crippen molar-refractivity contribution < 1.29 is 0 Å². The van der Waals surface area contributed by atoms with Crippen LogP contribution in [0.25, 0.3) is 0 Å². The predicted octanol–water partition coefficient (Wildman–Crippen LogP) is 0.670. The van der Waals surface area contributed by atoms with Gasteiger partial charge >= 0.3 is 0 Å². The first-order valence-electron chi connectivity index (χ1n) is 4.50. The van der Waals surface area contributed by atoms with Gasteiger partial charge in [0.05, 0.1) is 19.1 Å². The van der Waals surface area contributed by atoms with Crippen molar-refractivity contribution in [2.24, 2.45) is 0 Å². The van der Waals surface area contributed by atoms with E-state index in [0.29, 0.717) is 5.82 Å². The molecule has 0 spiro atoms. The van der Waals surface area contributed by atoms with Crippen molar-refractivity contribution in [3.05, 3.63) is 30.5 Å². The number of rotatable bonds is 3. The lowest BCUT2D eigenvalue weighted by molar-refractivity contribution is 0.533. The van der Waals surface area contributed by atoms with E-state index in [0.717, 1.165) is 13.1 Å². The van der Waals surface area contributed by atoms with Gasteiger partial charge < -0.3 is 10.3 Å². The fourth-order valence-corrected chi connectivity index (χ4v) is 1.31. The maximum absolute atomic E-state index is 5.50. The molecule has 0 atom stereocenters. The third kappa shape index (κ3) is 1.93. The zero-order valence-electron chi connectivity index (χ0n) is 8.09. The first kappa shape index (κ1) is 8.80. The van der Waals surface area contributed by atoms with Crippen LogP contribution in [0.4, 0.5) is 5.82 Å². The minimum atomic E-state index is 0.557. The lowest BCUT2D eigenvalue weighted by Crippen LogP contribution is -2.06. The minimum absolute atomic E-state index is 0.557. The first-order chi connectivity index (χ1) is 6.74. The fraction of sp³-hybridized carbons (Fsp3) is 0.333. The largest absolute Gasteiger partial charge is 0.382 e. The summed E-state index contributed by atoms with van der Waals surface area (Å²) in [5, 5.41) is 4.19. The lowest BCUT2D eigenvalue weighted by atomic mass is 10.4. The lowest BCUT2D eigenvalue weighted by Gasteiger charge is -2.01. The Bertz CT molecular complexity index is 374. The van der Waals surface area contributed by atoms with Crippen molar-refractivity contribution in [2.75, 3.05) is 5.73 Å². The van der Waals surface area contributed by atoms with E-state index in [2.05, 4.69) is 10.1 Å². The molecule has 2 heterocycles. The summed E-state index contributed by atoms with van der Waals surface area (Å²) in [6.07, 6.45) is 7.41. The summed E-state index contributed by atoms with van der Waals surface area (Å²) in [7, 11) is 0. The SMILES string of the molecule is Cc1cnn(CCn2cnc(N)c2)c1. The van der Waals surface area contributed by atoms with Gasteiger partial charge in [0.2, 0.25) is 0 Å². The summed E-state index contributed by atoms with van der Waals surface area (Å²) in [4.78, 5) is 3.95. The fourth-order valence-electron chi connectivity index (χ4n) is 1.31. The van der Waals surface area contributed by atoms with Gasteiger partial charge in [-0.25, -0.2) is 4.98 Å². The number of nitrogens with two attached hydrogens (primary N) is 1. The Morgan fingerprint density at radius 1 is 1.36 bits per heavy atom. The van der Waals surface area contributed by atoms with Gasteiger partial charge in [-0.3, -0.25) is 4.68 Å². The molecule has 0 saturated carbocycles. The van der Waals surface area contributed by atoms with Crippen molar-refractivity contribution in [2.45, 2.75) is 20.0 Å². The van der Waals surface area contributed by atoms with Crippen molar-refractivity contribution in [1.82, 2.24) is 19.3 Å². The molecule has 5 heteroatoms. The van der Waals surface area contributed by atoms with Crippen LogP contribution in [-0.2, 0) is 13.1 Å². The molecule has 2 N–H and O–H groups in total. The third-order valence-electron chi connectivity index (χ3n) is 2.00. The number of aromatic nitrogens is 4. The topological polar surface area (TPSA) is 61.7 Å². The van der Waals surface area contributed by atoms with Crippen LogP contribution in [0.2, 0.25) is 0 Å². The number of hydrogen-bond donors (Lipinski definition) is 1. The molecular formula is C9H13N5. The molecule has 74 valence electrons. The highest BCUT2D eigenvalue weighted by molar-refractivity contribution is 5.22. The minimum Gasteiger partial charge on any atom is -0.382 e. The molecule has 0 radical (unpaired) electrons. The second kappa shape index (κ2) is 3.53. The van der Waals surface area contributed by atoms with E-state index in [1.165, 1.54) is 5.56 Å². The maximum atomic E-state index is 5.50. The van der Waals surface area contributed by atoms with E-state index in [9.17, 15) is 0 Å². The molecule has 2 aromatic rings. The molecule has 0 aliphatic carbocycles. The molecule has 0 saturated heterocycles. The molecule has 0 aliphatic heterocycles. The number of imidazole rings is 1. The zero-order valence-corrected chi connectivity index (χ0v) is 8.09. The van der Waals surface area contributed by atoms with Crippen LogP contribution < -0.4 is 5.73 Å². The van der Waals surface area contributed by atoms with E-state index in [-0.39, 0.29) is 0 Å². The first-order valence-corrected chi connectivity index (χ1v) is 4.50. The van der Waals surface area contributed by atoms with Crippen molar-refractivity contribution in [3.8, 4) is 0 Å². The highest BCUT2D eigenvalue weighted by atomic mass is 15.3. The summed E-state index contributed by atoms with van der Waals surface area (Å²) in [6, 6.07) is 0. The molecule has 5 nitrogen and oxygen atoms in total. The van der Waals surface area contributed by atoms with Gasteiger partial charge in [-0.15, -0.1) is 0 Å². The van der Waals surface area contributed by atoms with Gasteiger partial charge in [0.15, 0.2) is 0 Å². The normalized spacial score (nSPS) is 10.6. The van der Waals surface area contributed by atoms with Gasteiger partial charge in [0.1, 0.15) is 5.82 Å². The summed E-state index contributed by atoms with van der Waals surface area (Å²) >= 11 is 0. The van der Waals surface area contributed by atoms with Crippen LogP contribution in [0.5, 0.6) is 0 Å². The highest BCUT2D eigenvalue weighted by Crippen LogP contribution is 1.98. The van der Waals surface area contributed by atoms with Gasteiger partial charge in [0, 0.05) is 18.9 Å². The van der Waals surface area contributed by atoms with E-state index in [1.54, 1.807) is 6.33 Å². The number of aryl methyl sites for hydroxylation is 3. The van der Waals surface area contributed by atoms with E-state index in [1.807, 2.05) is 34.8 Å². The van der Waals surface area contributed by atoms with Crippen LogP contribution in [-0.4, -0.2) is 19.3 Å². The summed E-state index contributed by atoms with van der Waals surface area (Å²) in [5.74, 6) is 0.557. The quantitative estimate of drug-likeness (QED) is 0.775. The molecule has 0 aliphatic rings. The highest BCUT2D eigenvalue weighted by Gasteiger charge is 1.96. The Balaban J connectivity index is 1.94. The van der Waals surface area contributed by atoms with Crippen LogP contribution >= 0.6 is 0 Å². The van der Waals surface area contributed by atoms with Gasteiger partial charge in [-0.1, -0.05) is 0 Å². The second-order valence-electron chi connectivity index (χ2n) is 3.32. The monoisotopic (exact) mass is 191 g/mol. The summed E-state index contributed by atoms with van der Waals surface area (Å²) < 4.78 is 3.86. The van der Waals surface area contributed by atoms with E-state index < -0.39 is 0 Å². The van der Waals surface area contributed by atoms with Crippen LogP contribution in [0.15, 0.2) is 24.9 Å². The van der Waals surface area contributed by atoms with Crippen LogP contribution in [0, 0.1) is 6.92 Å². The molecule has 14 heavy (non-hydrogen) atoms. The Hall–Kier alpha value is -1.78. The van der Waals surface area contributed by atoms with Crippen molar-refractivity contribution in [3.63, 3.8) is 0 Å².